The first-order valence-corrected chi connectivity index (χ1v) is 6.68. The Labute approximate surface area is 116 Å². The van der Waals surface area contributed by atoms with Crippen molar-refractivity contribution in [3.05, 3.63) is 23.7 Å². The van der Waals surface area contributed by atoms with Crippen molar-refractivity contribution in [2.45, 2.75) is 38.6 Å². The molecule has 0 aliphatic carbocycles. The van der Waals surface area contributed by atoms with Crippen molar-refractivity contribution in [2.24, 2.45) is 5.73 Å². The van der Waals surface area contributed by atoms with E-state index in [-0.39, 0.29) is 11.3 Å². The Morgan fingerprint density at radius 2 is 2.32 bits per heavy atom. The molecule has 0 aliphatic rings. The van der Waals surface area contributed by atoms with E-state index in [2.05, 4.69) is 9.97 Å². The molecule has 5 nitrogen and oxygen atoms in total. The van der Waals surface area contributed by atoms with Crippen LogP contribution in [0.1, 0.15) is 36.5 Å². The van der Waals surface area contributed by atoms with Crippen molar-refractivity contribution in [3.63, 3.8) is 0 Å². The fourth-order valence-corrected chi connectivity index (χ4v) is 2.23. The largest absolute Gasteiger partial charge is 0.370 e. The minimum Gasteiger partial charge on any atom is -0.370 e. The van der Waals surface area contributed by atoms with Crippen molar-refractivity contribution in [1.82, 2.24) is 14.5 Å². The number of hydrogen-bond acceptors (Lipinski definition) is 3. The van der Waals surface area contributed by atoms with Crippen LogP contribution in [0.3, 0.4) is 0 Å². The van der Waals surface area contributed by atoms with Crippen LogP contribution in [0.25, 0.3) is 11.2 Å². The van der Waals surface area contributed by atoms with Crippen LogP contribution in [-0.4, -0.2) is 20.4 Å². The number of pyridine rings is 1. The van der Waals surface area contributed by atoms with Gasteiger partial charge in [-0.3, -0.25) is 4.79 Å². The van der Waals surface area contributed by atoms with E-state index in [1.165, 1.54) is 0 Å². The number of imidazole rings is 1. The standard InChI is InChI=1S/C13H17ClN4O/c1-8-6-10-13(16-7-8)18(5-3-4-11(15)19)12(17-10)9(2)14/h6-7,9H,3-5H2,1-2H3,(H2,15,19). The fraction of sp³-hybridized carbons (Fsp3) is 0.462. The number of amides is 1. The molecule has 0 spiro atoms. The number of aromatic nitrogens is 3. The molecule has 6 heteroatoms. The zero-order valence-electron chi connectivity index (χ0n) is 11.1. The average Bonchev–Trinajstić information content (AvgIpc) is 2.67. The summed E-state index contributed by atoms with van der Waals surface area (Å²) in [6, 6.07) is 1.98. The second kappa shape index (κ2) is 5.57. The maximum Gasteiger partial charge on any atom is 0.217 e. The number of nitrogens with two attached hydrogens (primary N) is 1. The van der Waals surface area contributed by atoms with Crippen LogP contribution < -0.4 is 5.73 Å². The van der Waals surface area contributed by atoms with Crippen LogP contribution in [0.2, 0.25) is 0 Å². The third-order valence-corrected chi connectivity index (χ3v) is 3.11. The Morgan fingerprint density at radius 1 is 1.58 bits per heavy atom. The number of carbonyl (C=O) groups excluding carboxylic acids is 1. The number of halogens is 1. The molecule has 2 heterocycles. The summed E-state index contributed by atoms with van der Waals surface area (Å²) < 4.78 is 1.97. The van der Waals surface area contributed by atoms with Crippen LogP contribution in [0.5, 0.6) is 0 Å². The van der Waals surface area contributed by atoms with E-state index < -0.39 is 0 Å². The van der Waals surface area contributed by atoms with Crippen LogP contribution in [0.15, 0.2) is 12.3 Å². The number of hydrogen-bond donors (Lipinski definition) is 1. The van der Waals surface area contributed by atoms with Crippen molar-refractivity contribution in [1.29, 1.82) is 0 Å². The molecule has 2 N–H and O–H groups in total. The van der Waals surface area contributed by atoms with Gasteiger partial charge in [0.05, 0.1) is 5.38 Å². The topological polar surface area (TPSA) is 73.8 Å². The molecule has 0 aromatic carbocycles. The van der Waals surface area contributed by atoms with Crippen LogP contribution in [0.4, 0.5) is 0 Å². The van der Waals surface area contributed by atoms with E-state index in [1.807, 2.05) is 24.5 Å². The van der Waals surface area contributed by atoms with E-state index in [9.17, 15) is 4.79 Å². The van der Waals surface area contributed by atoms with Gasteiger partial charge >= 0.3 is 0 Å². The van der Waals surface area contributed by atoms with E-state index in [0.717, 1.165) is 22.6 Å². The van der Waals surface area contributed by atoms with Gasteiger partial charge in [0.15, 0.2) is 5.65 Å². The maximum atomic E-state index is 10.8. The van der Waals surface area contributed by atoms with Crippen molar-refractivity contribution >= 4 is 28.7 Å². The first kappa shape index (κ1) is 13.8. The number of carbonyl (C=O) groups is 1. The molecule has 1 unspecified atom stereocenters. The first-order chi connectivity index (χ1) is 8.99. The number of primary amides is 1. The van der Waals surface area contributed by atoms with Gasteiger partial charge in [0.1, 0.15) is 11.3 Å². The molecular formula is C13H17ClN4O. The average molecular weight is 281 g/mol. The Hall–Kier alpha value is -1.62. The lowest BCUT2D eigenvalue weighted by Crippen LogP contribution is -2.12. The molecule has 1 atom stereocenters. The third-order valence-electron chi connectivity index (χ3n) is 2.91. The van der Waals surface area contributed by atoms with Crippen molar-refractivity contribution < 1.29 is 4.79 Å². The molecule has 0 saturated heterocycles. The maximum absolute atomic E-state index is 10.8. The van der Waals surface area contributed by atoms with Crippen LogP contribution >= 0.6 is 11.6 Å². The number of aryl methyl sites for hydroxylation is 2. The van der Waals surface area contributed by atoms with Crippen molar-refractivity contribution in [2.75, 3.05) is 0 Å². The molecule has 0 saturated carbocycles. The van der Waals surface area contributed by atoms with Gasteiger partial charge < -0.3 is 10.3 Å². The highest BCUT2D eigenvalue weighted by molar-refractivity contribution is 6.20. The van der Waals surface area contributed by atoms with Gasteiger partial charge in [-0.25, -0.2) is 9.97 Å². The summed E-state index contributed by atoms with van der Waals surface area (Å²) in [7, 11) is 0. The summed E-state index contributed by atoms with van der Waals surface area (Å²) in [6.07, 6.45) is 2.81. The van der Waals surface area contributed by atoms with Gasteiger partial charge in [-0.05, 0) is 31.9 Å². The van der Waals surface area contributed by atoms with Gasteiger partial charge in [-0.15, -0.1) is 11.6 Å². The fourth-order valence-electron chi connectivity index (χ4n) is 2.06. The summed E-state index contributed by atoms with van der Waals surface area (Å²) in [5.74, 6) is 0.480. The highest BCUT2D eigenvalue weighted by atomic mass is 35.5. The SMILES string of the molecule is Cc1cnc2c(c1)nc(C(C)Cl)n2CCCC(N)=O. The third kappa shape index (κ3) is 3.04. The normalized spacial score (nSPS) is 12.8. The Bertz CT molecular complexity index is 606. The number of nitrogens with zero attached hydrogens (tertiary/aromatic N) is 3. The highest BCUT2D eigenvalue weighted by Crippen LogP contribution is 2.24. The molecule has 0 aliphatic heterocycles. The van der Waals surface area contributed by atoms with E-state index in [4.69, 9.17) is 17.3 Å². The summed E-state index contributed by atoms with van der Waals surface area (Å²) in [5, 5.41) is -0.205. The lowest BCUT2D eigenvalue weighted by atomic mass is 10.3. The first-order valence-electron chi connectivity index (χ1n) is 6.24. The van der Waals surface area contributed by atoms with Crippen LogP contribution in [-0.2, 0) is 11.3 Å². The molecule has 2 aromatic rings. The monoisotopic (exact) mass is 280 g/mol. The quantitative estimate of drug-likeness (QED) is 0.854. The zero-order valence-corrected chi connectivity index (χ0v) is 11.8. The molecule has 2 aromatic heterocycles. The minimum absolute atomic E-state index is 0.205. The molecule has 0 radical (unpaired) electrons. The van der Waals surface area contributed by atoms with E-state index in [1.54, 1.807) is 6.20 Å². The molecule has 2 rings (SSSR count). The zero-order chi connectivity index (χ0) is 14.0. The Kier molecular flexibility index (Phi) is 4.04. The van der Waals surface area contributed by atoms with Crippen LogP contribution in [0, 0.1) is 6.92 Å². The summed E-state index contributed by atoms with van der Waals surface area (Å²) in [6.45, 7) is 4.49. The molecule has 0 bridgehead atoms. The molecule has 1 amide bonds. The predicted octanol–water partition coefficient (Wildman–Crippen LogP) is 2.31. The number of rotatable bonds is 5. The number of alkyl halides is 1. The number of fused-ring (bicyclic) bond motifs is 1. The molecular weight excluding hydrogens is 264 g/mol. The Balaban J connectivity index is 2.37. The summed E-state index contributed by atoms with van der Waals surface area (Å²) in [4.78, 5) is 19.7. The lowest BCUT2D eigenvalue weighted by Gasteiger charge is -2.09. The molecule has 102 valence electrons. The highest BCUT2D eigenvalue weighted by Gasteiger charge is 2.15. The van der Waals surface area contributed by atoms with E-state index >= 15 is 0 Å². The Morgan fingerprint density at radius 3 is 2.95 bits per heavy atom. The molecule has 19 heavy (non-hydrogen) atoms. The van der Waals surface area contributed by atoms with Gasteiger partial charge in [0.25, 0.3) is 0 Å². The predicted molar refractivity (Wildman–Crippen MR) is 75.0 cm³/mol. The van der Waals surface area contributed by atoms with Crippen molar-refractivity contribution in [3.8, 4) is 0 Å². The summed E-state index contributed by atoms with van der Waals surface area (Å²) in [5.41, 5.74) is 7.85. The smallest absolute Gasteiger partial charge is 0.217 e. The second-order valence-electron chi connectivity index (χ2n) is 4.66. The van der Waals surface area contributed by atoms with Gasteiger partial charge in [-0.2, -0.15) is 0 Å². The van der Waals surface area contributed by atoms with Gasteiger partial charge in [0, 0.05) is 19.2 Å². The lowest BCUT2D eigenvalue weighted by molar-refractivity contribution is -0.118. The van der Waals surface area contributed by atoms with Gasteiger partial charge in [0.2, 0.25) is 5.91 Å². The second-order valence-corrected chi connectivity index (χ2v) is 5.32. The summed E-state index contributed by atoms with van der Waals surface area (Å²) >= 11 is 6.16. The van der Waals surface area contributed by atoms with Gasteiger partial charge in [-0.1, -0.05) is 0 Å². The molecule has 0 fully saturated rings. The minimum atomic E-state index is -0.298. The van der Waals surface area contributed by atoms with E-state index in [0.29, 0.717) is 19.4 Å².